The zero-order valence-electron chi connectivity index (χ0n) is 14.6. The number of carbonyl (C=O) groups excluding carboxylic acids is 2. The summed E-state index contributed by atoms with van der Waals surface area (Å²) in [5.41, 5.74) is 2.25. The fourth-order valence-corrected chi connectivity index (χ4v) is 3.39. The van der Waals surface area contributed by atoms with Crippen molar-refractivity contribution in [3.8, 4) is 0 Å². The van der Waals surface area contributed by atoms with E-state index in [1.807, 2.05) is 24.3 Å². The van der Waals surface area contributed by atoms with E-state index in [1.54, 1.807) is 4.90 Å². The second-order valence-electron chi connectivity index (χ2n) is 6.55. The summed E-state index contributed by atoms with van der Waals surface area (Å²) < 4.78 is 0. The lowest BCUT2D eigenvalue weighted by Gasteiger charge is -2.35. The maximum atomic E-state index is 12.7. The van der Waals surface area contributed by atoms with Crippen LogP contribution in [0.3, 0.4) is 0 Å². The van der Waals surface area contributed by atoms with Gasteiger partial charge in [0.05, 0.1) is 0 Å². The summed E-state index contributed by atoms with van der Waals surface area (Å²) >= 11 is 0. The predicted molar refractivity (Wildman–Crippen MR) is 93.3 cm³/mol. The Hall–Kier alpha value is -1.88. The van der Waals surface area contributed by atoms with Gasteiger partial charge in [-0.2, -0.15) is 0 Å². The van der Waals surface area contributed by atoms with Crippen molar-refractivity contribution in [2.45, 2.75) is 52.1 Å². The number of aliphatic hydroxyl groups excluding tert-OH is 1. The minimum Gasteiger partial charge on any atom is -0.396 e. The van der Waals surface area contributed by atoms with Crippen LogP contribution in [-0.2, 0) is 22.6 Å². The largest absolute Gasteiger partial charge is 0.396 e. The van der Waals surface area contributed by atoms with Gasteiger partial charge in [-0.1, -0.05) is 37.6 Å². The molecule has 2 unspecified atom stereocenters. The number of hydrogen-bond acceptors (Lipinski definition) is 3. The molecule has 0 aromatic heterocycles. The maximum Gasteiger partial charge on any atom is 0.243 e. The molecule has 1 aromatic rings. The molecule has 0 spiro atoms. The molecule has 0 saturated heterocycles. The van der Waals surface area contributed by atoms with Crippen LogP contribution in [0.4, 0.5) is 0 Å². The Morgan fingerprint density at radius 2 is 2.00 bits per heavy atom. The van der Waals surface area contributed by atoms with Crippen molar-refractivity contribution in [1.29, 1.82) is 0 Å². The van der Waals surface area contributed by atoms with E-state index in [4.69, 9.17) is 5.11 Å². The summed E-state index contributed by atoms with van der Waals surface area (Å²) in [7, 11) is 0. The summed E-state index contributed by atoms with van der Waals surface area (Å²) in [6, 6.07) is 7.52. The minimum atomic E-state index is -0.450. The van der Waals surface area contributed by atoms with Crippen molar-refractivity contribution in [3.63, 3.8) is 0 Å². The summed E-state index contributed by atoms with van der Waals surface area (Å²) in [5, 5.41) is 12.1. The average Bonchev–Trinajstić information content (AvgIpc) is 2.58. The Bertz CT molecular complexity index is 567. The van der Waals surface area contributed by atoms with Gasteiger partial charge < -0.3 is 15.3 Å². The summed E-state index contributed by atoms with van der Waals surface area (Å²) in [5.74, 6) is 0.106. The first-order valence-corrected chi connectivity index (χ1v) is 8.79. The Morgan fingerprint density at radius 3 is 2.62 bits per heavy atom. The second kappa shape index (κ2) is 8.83. The lowest BCUT2D eigenvalue weighted by atomic mass is 9.93. The van der Waals surface area contributed by atoms with Crippen LogP contribution in [-0.4, -0.2) is 41.0 Å². The van der Waals surface area contributed by atoms with E-state index < -0.39 is 6.04 Å². The number of amides is 2. The van der Waals surface area contributed by atoms with E-state index in [0.29, 0.717) is 25.9 Å². The first-order valence-electron chi connectivity index (χ1n) is 8.79. The Kier molecular flexibility index (Phi) is 6.79. The van der Waals surface area contributed by atoms with Gasteiger partial charge in [-0.15, -0.1) is 0 Å². The van der Waals surface area contributed by atoms with Crippen molar-refractivity contribution in [3.05, 3.63) is 35.4 Å². The monoisotopic (exact) mass is 332 g/mol. The fourth-order valence-electron chi connectivity index (χ4n) is 3.39. The third-order valence-electron chi connectivity index (χ3n) is 4.75. The molecule has 1 aliphatic rings. The third-order valence-corrected chi connectivity index (χ3v) is 4.75. The van der Waals surface area contributed by atoms with Gasteiger partial charge in [-0.25, -0.2) is 0 Å². The molecule has 1 aromatic carbocycles. The van der Waals surface area contributed by atoms with E-state index in [2.05, 4.69) is 12.2 Å². The number of aliphatic hydroxyl groups is 1. The summed E-state index contributed by atoms with van der Waals surface area (Å²) in [6.07, 6.45) is 3.25. The van der Waals surface area contributed by atoms with Gasteiger partial charge in [-0.05, 0) is 29.9 Å². The van der Waals surface area contributed by atoms with Crippen LogP contribution in [0.15, 0.2) is 24.3 Å². The molecule has 5 heteroatoms. The SMILES string of the molecule is CCCC(CCO)CNC(=O)C1Cc2ccccc2CN1C(C)=O. The molecule has 0 bridgehead atoms. The molecule has 2 rings (SSSR count). The number of carbonyl (C=O) groups is 2. The van der Waals surface area contributed by atoms with Gasteiger partial charge in [0.15, 0.2) is 0 Å². The predicted octanol–water partition coefficient (Wildman–Crippen LogP) is 1.87. The third kappa shape index (κ3) is 4.57. The molecule has 0 fully saturated rings. The van der Waals surface area contributed by atoms with Crippen molar-refractivity contribution >= 4 is 11.8 Å². The smallest absolute Gasteiger partial charge is 0.243 e. The van der Waals surface area contributed by atoms with Crippen LogP contribution >= 0.6 is 0 Å². The van der Waals surface area contributed by atoms with E-state index >= 15 is 0 Å². The highest BCUT2D eigenvalue weighted by Crippen LogP contribution is 2.23. The van der Waals surface area contributed by atoms with Gasteiger partial charge in [0, 0.05) is 33.0 Å². The van der Waals surface area contributed by atoms with Crippen LogP contribution in [0.25, 0.3) is 0 Å². The van der Waals surface area contributed by atoms with Crippen molar-refractivity contribution < 1.29 is 14.7 Å². The van der Waals surface area contributed by atoms with Gasteiger partial charge in [-0.3, -0.25) is 9.59 Å². The summed E-state index contributed by atoms with van der Waals surface area (Å²) in [6.45, 7) is 4.79. The molecule has 1 aliphatic heterocycles. The average molecular weight is 332 g/mol. The molecule has 5 nitrogen and oxygen atoms in total. The van der Waals surface area contributed by atoms with Gasteiger partial charge in [0.2, 0.25) is 11.8 Å². The number of fused-ring (bicyclic) bond motifs is 1. The van der Waals surface area contributed by atoms with Gasteiger partial charge in [0.25, 0.3) is 0 Å². The number of rotatable bonds is 7. The van der Waals surface area contributed by atoms with Gasteiger partial charge >= 0.3 is 0 Å². The number of nitrogens with one attached hydrogen (secondary N) is 1. The second-order valence-corrected chi connectivity index (χ2v) is 6.55. The molecule has 24 heavy (non-hydrogen) atoms. The number of hydrogen-bond donors (Lipinski definition) is 2. The molecule has 2 N–H and O–H groups in total. The van der Waals surface area contributed by atoms with Crippen LogP contribution in [0.2, 0.25) is 0 Å². The molecule has 0 radical (unpaired) electrons. The van der Waals surface area contributed by atoms with E-state index in [1.165, 1.54) is 6.92 Å². The standard InChI is InChI=1S/C19H28N2O3/c1-3-6-15(9-10-22)12-20-19(24)18-11-16-7-4-5-8-17(16)13-21(18)14(2)23/h4-5,7-8,15,18,22H,3,6,9-13H2,1-2H3,(H,20,24). The van der Waals surface area contributed by atoms with Crippen LogP contribution < -0.4 is 5.32 Å². The highest BCUT2D eigenvalue weighted by atomic mass is 16.3. The molecule has 0 aliphatic carbocycles. The zero-order chi connectivity index (χ0) is 17.5. The highest BCUT2D eigenvalue weighted by molar-refractivity contribution is 5.87. The molecular weight excluding hydrogens is 304 g/mol. The zero-order valence-corrected chi connectivity index (χ0v) is 14.6. The van der Waals surface area contributed by atoms with Crippen LogP contribution in [0.1, 0.15) is 44.2 Å². The molecular formula is C19H28N2O3. The fraction of sp³-hybridized carbons (Fsp3) is 0.579. The number of benzene rings is 1. The Balaban J connectivity index is 2.05. The first-order chi connectivity index (χ1) is 11.6. The molecule has 0 saturated carbocycles. The molecule has 132 valence electrons. The van der Waals surface area contributed by atoms with E-state index in [9.17, 15) is 9.59 Å². The summed E-state index contributed by atoms with van der Waals surface area (Å²) in [4.78, 5) is 26.3. The van der Waals surface area contributed by atoms with Crippen molar-refractivity contribution in [2.24, 2.45) is 5.92 Å². The van der Waals surface area contributed by atoms with E-state index in [0.717, 1.165) is 24.0 Å². The van der Waals surface area contributed by atoms with E-state index in [-0.39, 0.29) is 24.3 Å². The quantitative estimate of drug-likeness (QED) is 0.801. The Labute approximate surface area is 144 Å². The van der Waals surface area contributed by atoms with Crippen LogP contribution in [0.5, 0.6) is 0 Å². The van der Waals surface area contributed by atoms with Crippen LogP contribution in [0, 0.1) is 5.92 Å². The maximum absolute atomic E-state index is 12.7. The molecule has 2 amide bonds. The normalized spacial score (nSPS) is 18.0. The highest BCUT2D eigenvalue weighted by Gasteiger charge is 2.33. The molecule has 1 heterocycles. The Morgan fingerprint density at radius 1 is 1.29 bits per heavy atom. The molecule has 2 atom stereocenters. The minimum absolute atomic E-state index is 0.0786. The topological polar surface area (TPSA) is 69.6 Å². The lowest BCUT2D eigenvalue weighted by molar-refractivity contribution is -0.140. The lowest BCUT2D eigenvalue weighted by Crippen LogP contribution is -2.52. The number of nitrogens with zero attached hydrogens (tertiary/aromatic N) is 1. The van der Waals surface area contributed by atoms with Gasteiger partial charge in [0.1, 0.15) is 6.04 Å². The van der Waals surface area contributed by atoms with Crippen molar-refractivity contribution in [1.82, 2.24) is 10.2 Å². The van der Waals surface area contributed by atoms with Crippen molar-refractivity contribution in [2.75, 3.05) is 13.2 Å². The first kappa shape index (κ1) is 18.5.